The number of carboxylic acids is 1. The van der Waals surface area contributed by atoms with Gasteiger partial charge in [-0.15, -0.1) is 0 Å². The van der Waals surface area contributed by atoms with Crippen LogP contribution in [0.15, 0.2) is 48.7 Å². The maximum atomic E-state index is 14.6. The van der Waals surface area contributed by atoms with Gasteiger partial charge in [-0.05, 0) is 78.3 Å². The van der Waals surface area contributed by atoms with E-state index in [1.807, 2.05) is 31.2 Å². The Labute approximate surface area is 215 Å². The zero-order valence-electron chi connectivity index (χ0n) is 20.7. The van der Waals surface area contributed by atoms with Crippen molar-refractivity contribution in [3.63, 3.8) is 0 Å². The first kappa shape index (κ1) is 25.2. The summed E-state index contributed by atoms with van der Waals surface area (Å²) in [5.41, 5.74) is 5.28. The van der Waals surface area contributed by atoms with Crippen LogP contribution < -0.4 is 10.1 Å². The van der Waals surface area contributed by atoms with Crippen molar-refractivity contribution >= 4 is 21.6 Å². The van der Waals surface area contributed by atoms with Crippen molar-refractivity contribution in [3.05, 3.63) is 76.7 Å². The van der Waals surface area contributed by atoms with Gasteiger partial charge in [-0.3, -0.25) is 4.79 Å². The quantitative estimate of drug-likeness (QED) is 0.374. The third-order valence-electron chi connectivity index (χ3n) is 7.24. The summed E-state index contributed by atoms with van der Waals surface area (Å²) in [5.74, 6) is 0.366. The number of sulfone groups is 1. The fourth-order valence-electron chi connectivity index (χ4n) is 5.34. The van der Waals surface area contributed by atoms with Crippen molar-refractivity contribution in [3.8, 4) is 16.9 Å². The Morgan fingerprint density at radius 3 is 2.76 bits per heavy atom. The van der Waals surface area contributed by atoms with Crippen LogP contribution in [0.5, 0.6) is 5.75 Å². The third-order valence-corrected chi connectivity index (χ3v) is 8.27. The molecule has 1 saturated carbocycles. The Balaban J connectivity index is 1.23. The van der Waals surface area contributed by atoms with Gasteiger partial charge in [-0.1, -0.05) is 12.1 Å². The molecule has 1 aromatic heterocycles. The number of nitrogens with zero attached hydrogens (tertiary/aromatic N) is 1. The monoisotopic (exact) mass is 524 g/mol. The first-order valence-corrected chi connectivity index (χ1v) is 14.3. The van der Waals surface area contributed by atoms with Crippen molar-refractivity contribution in [1.82, 2.24) is 4.98 Å². The van der Waals surface area contributed by atoms with Crippen LogP contribution in [-0.4, -0.2) is 43.0 Å². The number of aryl methyl sites for hydroxylation is 1. The van der Waals surface area contributed by atoms with Gasteiger partial charge in [-0.2, -0.15) is 0 Å². The van der Waals surface area contributed by atoms with Gasteiger partial charge < -0.3 is 15.2 Å². The fourth-order valence-corrected chi connectivity index (χ4v) is 6.00. The van der Waals surface area contributed by atoms with Crippen molar-refractivity contribution in [2.45, 2.75) is 32.3 Å². The smallest absolute Gasteiger partial charge is 0.307 e. The number of hydrogen-bond acceptors (Lipinski definition) is 6. The van der Waals surface area contributed by atoms with Gasteiger partial charge in [0.15, 0.2) is 0 Å². The minimum atomic E-state index is -2.99. The number of pyridine rings is 1. The summed E-state index contributed by atoms with van der Waals surface area (Å²) in [4.78, 5) is 15.7. The van der Waals surface area contributed by atoms with E-state index >= 15 is 0 Å². The van der Waals surface area contributed by atoms with Crippen LogP contribution in [-0.2, 0) is 27.7 Å². The van der Waals surface area contributed by atoms with Crippen molar-refractivity contribution in [2.24, 2.45) is 11.8 Å². The van der Waals surface area contributed by atoms with Gasteiger partial charge in [0.05, 0.1) is 11.7 Å². The Kier molecular flexibility index (Phi) is 6.66. The molecule has 0 spiro atoms. The second-order valence-electron chi connectivity index (χ2n) is 10.0. The normalized spacial score (nSPS) is 19.7. The molecule has 0 aliphatic heterocycles. The minimum Gasteiger partial charge on any atom is -0.489 e. The number of carboxylic acid groups (broad SMARTS) is 1. The highest BCUT2D eigenvalue weighted by Crippen LogP contribution is 2.61. The predicted octanol–water partition coefficient (Wildman–Crippen LogP) is 4.59. The van der Waals surface area contributed by atoms with Gasteiger partial charge in [0, 0.05) is 36.0 Å². The largest absolute Gasteiger partial charge is 0.489 e. The van der Waals surface area contributed by atoms with E-state index in [1.54, 1.807) is 18.3 Å². The molecule has 0 amide bonds. The molecule has 0 radical (unpaired) electrons. The highest BCUT2D eigenvalue weighted by Gasteiger charge is 2.59. The number of aliphatic carboxylic acids is 1. The van der Waals surface area contributed by atoms with Crippen LogP contribution in [0.25, 0.3) is 11.1 Å². The van der Waals surface area contributed by atoms with E-state index in [0.717, 1.165) is 34.2 Å². The van der Waals surface area contributed by atoms with Crippen molar-refractivity contribution in [1.29, 1.82) is 0 Å². The zero-order valence-corrected chi connectivity index (χ0v) is 21.5. The summed E-state index contributed by atoms with van der Waals surface area (Å²) >= 11 is 0. The molecule has 2 aliphatic carbocycles. The minimum absolute atomic E-state index is 0.0650. The third kappa shape index (κ3) is 5.46. The lowest BCUT2D eigenvalue weighted by molar-refractivity contribution is -0.139. The molecular weight excluding hydrogens is 495 g/mol. The van der Waals surface area contributed by atoms with Gasteiger partial charge in [0.2, 0.25) is 0 Å². The molecule has 5 rings (SSSR count). The SMILES string of the molecule is Cc1cc(NCCCS(C)(=O)=O)ncc1-c1ccc(F)c(COc2ccc3c(c2)C[C@H]2[C@H](C(=O)O)[C@@H]32)c1. The van der Waals surface area contributed by atoms with E-state index in [0.29, 0.717) is 30.1 Å². The van der Waals surface area contributed by atoms with E-state index in [2.05, 4.69) is 10.3 Å². The summed E-state index contributed by atoms with van der Waals surface area (Å²) in [7, 11) is -2.99. The molecule has 3 aromatic rings. The number of nitrogens with one attached hydrogen (secondary N) is 1. The van der Waals surface area contributed by atoms with Crippen LogP contribution in [0.2, 0.25) is 0 Å². The molecule has 1 heterocycles. The van der Waals surface area contributed by atoms with Gasteiger partial charge in [0.1, 0.15) is 33.8 Å². The Morgan fingerprint density at radius 1 is 1.22 bits per heavy atom. The number of hydrogen-bond donors (Lipinski definition) is 2. The summed E-state index contributed by atoms with van der Waals surface area (Å²) in [6, 6.07) is 12.5. The van der Waals surface area contributed by atoms with E-state index < -0.39 is 15.8 Å². The molecule has 37 heavy (non-hydrogen) atoms. The highest BCUT2D eigenvalue weighted by atomic mass is 32.2. The number of carbonyl (C=O) groups is 1. The summed E-state index contributed by atoms with van der Waals surface area (Å²) in [5, 5.41) is 12.4. The summed E-state index contributed by atoms with van der Waals surface area (Å²) in [6.07, 6.45) is 4.18. The molecular formula is C28H29FN2O5S. The van der Waals surface area contributed by atoms with Crippen LogP contribution in [0.3, 0.4) is 0 Å². The molecule has 2 N–H and O–H groups in total. The first-order valence-electron chi connectivity index (χ1n) is 12.3. The Bertz CT molecular complexity index is 1470. The lowest BCUT2D eigenvalue weighted by Gasteiger charge is -2.13. The molecule has 0 bridgehead atoms. The number of ether oxygens (including phenoxy) is 1. The fraction of sp³-hybridized carbons (Fsp3) is 0.357. The average Bonchev–Trinajstić information content (AvgIpc) is 3.43. The number of aromatic nitrogens is 1. The van der Waals surface area contributed by atoms with Gasteiger partial charge in [-0.25, -0.2) is 17.8 Å². The van der Waals surface area contributed by atoms with Crippen LogP contribution in [0, 0.1) is 24.6 Å². The van der Waals surface area contributed by atoms with Crippen molar-refractivity contribution in [2.75, 3.05) is 23.9 Å². The molecule has 0 saturated heterocycles. The highest BCUT2D eigenvalue weighted by molar-refractivity contribution is 7.90. The van der Waals surface area contributed by atoms with E-state index in [4.69, 9.17) is 4.74 Å². The second kappa shape index (κ2) is 9.78. The standard InChI is InChI=1S/C28H29FN2O5S/c1-16-10-25(30-8-3-9-37(2,34)35)31-14-23(16)17-4-7-24(29)19(11-17)15-36-20-5-6-21-18(12-20)13-22-26(21)27(22)28(32)33/h4-7,10-12,14,22,26-27H,3,8-9,13,15H2,1-2H3,(H,30,31)(H,32,33)/t22-,26+,27+/m1/s1. The van der Waals surface area contributed by atoms with Crippen LogP contribution in [0.1, 0.15) is 34.6 Å². The molecule has 194 valence electrons. The maximum absolute atomic E-state index is 14.6. The Hall–Kier alpha value is -3.46. The topological polar surface area (TPSA) is 106 Å². The number of halogens is 1. The Morgan fingerprint density at radius 2 is 2.03 bits per heavy atom. The average molecular weight is 525 g/mol. The zero-order chi connectivity index (χ0) is 26.3. The number of anilines is 1. The number of fused-ring (bicyclic) bond motifs is 3. The van der Waals surface area contributed by atoms with E-state index in [1.165, 1.54) is 12.3 Å². The second-order valence-corrected chi connectivity index (χ2v) is 12.3. The maximum Gasteiger partial charge on any atom is 0.307 e. The molecule has 2 aliphatic rings. The molecule has 0 unspecified atom stereocenters. The molecule has 9 heteroatoms. The van der Waals surface area contributed by atoms with Crippen molar-refractivity contribution < 1.29 is 27.4 Å². The number of rotatable bonds is 10. The van der Waals surface area contributed by atoms with Gasteiger partial charge >= 0.3 is 5.97 Å². The van der Waals surface area contributed by atoms with E-state index in [-0.39, 0.29) is 35.9 Å². The molecule has 1 fully saturated rings. The van der Waals surface area contributed by atoms with E-state index in [9.17, 15) is 22.7 Å². The summed E-state index contributed by atoms with van der Waals surface area (Å²) < 4.78 is 43.1. The van der Waals surface area contributed by atoms with Gasteiger partial charge in [0.25, 0.3) is 0 Å². The predicted molar refractivity (Wildman–Crippen MR) is 139 cm³/mol. The van der Waals surface area contributed by atoms with Crippen LogP contribution >= 0.6 is 0 Å². The lowest BCUT2D eigenvalue weighted by atomic mass is 10.0. The lowest BCUT2D eigenvalue weighted by Crippen LogP contribution is -2.10. The molecule has 3 atom stereocenters. The molecule has 2 aromatic carbocycles. The molecule has 7 nitrogen and oxygen atoms in total. The first-order chi connectivity index (χ1) is 17.6. The number of benzene rings is 2. The van der Waals surface area contributed by atoms with Crippen LogP contribution in [0.4, 0.5) is 10.2 Å². The summed E-state index contributed by atoms with van der Waals surface area (Å²) in [6.45, 7) is 2.51.